The molecule has 5 nitrogen and oxygen atoms in total. The third-order valence-electron chi connectivity index (χ3n) is 2.48. The van der Waals surface area contributed by atoms with Crippen LogP contribution < -0.4 is 5.73 Å². The van der Waals surface area contributed by atoms with Gasteiger partial charge in [0.15, 0.2) is 0 Å². The number of carboxylic acids is 1. The van der Waals surface area contributed by atoms with E-state index in [4.69, 9.17) is 15.6 Å². The van der Waals surface area contributed by atoms with Crippen LogP contribution in [0.15, 0.2) is 24.3 Å². The molecule has 1 aromatic carbocycles. The molecule has 0 bridgehead atoms. The van der Waals surface area contributed by atoms with E-state index in [0.29, 0.717) is 24.3 Å². The van der Waals surface area contributed by atoms with Gasteiger partial charge in [0.25, 0.3) is 0 Å². The number of nitrogen functional groups attached to an aromatic ring is 1. The summed E-state index contributed by atoms with van der Waals surface area (Å²) >= 11 is 0. The second kappa shape index (κ2) is 7.20. The molecule has 1 aromatic rings. The second-order valence-corrected chi connectivity index (χ2v) is 3.93. The summed E-state index contributed by atoms with van der Waals surface area (Å²) in [5.41, 5.74) is 7.77. The lowest BCUT2D eigenvalue weighted by Gasteiger charge is -2.07. The monoisotopic (exact) mass is 263 g/mol. The lowest BCUT2D eigenvalue weighted by molar-refractivity contribution is -0.143. The standard InChI is InChI=1S/C14H17NO4/c1-2-19-14(18)8-5-10-3-6-12(15)9-11(10)4-7-13(16)17/h3-4,6-7,9H,2,5,8,15H2,1H3,(H,16,17)/b7-4+. The average Bonchev–Trinajstić information content (AvgIpc) is 2.35. The van der Waals surface area contributed by atoms with Gasteiger partial charge >= 0.3 is 11.9 Å². The predicted octanol–water partition coefficient (Wildman–Crippen LogP) is 1.86. The summed E-state index contributed by atoms with van der Waals surface area (Å²) < 4.78 is 4.85. The van der Waals surface area contributed by atoms with Gasteiger partial charge < -0.3 is 15.6 Å². The SMILES string of the molecule is CCOC(=O)CCc1ccc(N)cc1/C=C/C(=O)O. The Kier molecular flexibility index (Phi) is 5.60. The molecule has 0 fully saturated rings. The molecule has 0 atom stereocenters. The van der Waals surface area contributed by atoms with Gasteiger partial charge in [-0.3, -0.25) is 4.79 Å². The van der Waals surface area contributed by atoms with Crippen molar-refractivity contribution in [2.75, 3.05) is 12.3 Å². The first kappa shape index (κ1) is 14.8. The van der Waals surface area contributed by atoms with Crippen LogP contribution in [0.1, 0.15) is 24.5 Å². The Hall–Kier alpha value is -2.30. The van der Waals surface area contributed by atoms with Crippen molar-refractivity contribution in [1.82, 2.24) is 0 Å². The zero-order valence-electron chi connectivity index (χ0n) is 10.8. The maximum absolute atomic E-state index is 11.3. The molecule has 3 N–H and O–H groups in total. The minimum Gasteiger partial charge on any atom is -0.478 e. The quantitative estimate of drug-likeness (QED) is 0.464. The first-order chi connectivity index (χ1) is 9.02. The molecule has 0 saturated carbocycles. The minimum absolute atomic E-state index is 0.256. The van der Waals surface area contributed by atoms with Gasteiger partial charge in [0, 0.05) is 18.2 Å². The molecule has 0 radical (unpaired) electrons. The van der Waals surface area contributed by atoms with Gasteiger partial charge in [0.2, 0.25) is 0 Å². The fourth-order valence-corrected chi connectivity index (χ4v) is 1.63. The van der Waals surface area contributed by atoms with E-state index in [0.717, 1.165) is 11.6 Å². The van der Waals surface area contributed by atoms with Crippen LogP contribution in [0, 0.1) is 0 Å². The van der Waals surface area contributed by atoms with Gasteiger partial charge in [0.1, 0.15) is 0 Å². The largest absolute Gasteiger partial charge is 0.478 e. The molecule has 0 unspecified atom stereocenters. The lowest BCUT2D eigenvalue weighted by atomic mass is 10.0. The molecule has 0 aliphatic rings. The van der Waals surface area contributed by atoms with Crippen LogP contribution in [0.4, 0.5) is 5.69 Å². The number of ether oxygens (including phenoxy) is 1. The van der Waals surface area contributed by atoms with Crippen molar-refractivity contribution < 1.29 is 19.4 Å². The van der Waals surface area contributed by atoms with Crippen molar-refractivity contribution in [1.29, 1.82) is 0 Å². The van der Waals surface area contributed by atoms with E-state index >= 15 is 0 Å². The Balaban J connectivity index is 2.81. The molecule has 102 valence electrons. The number of aliphatic carboxylic acids is 1. The number of nitrogens with two attached hydrogens (primary N) is 1. The minimum atomic E-state index is -1.03. The van der Waals surface area contributed by atoms with E-state index in [1.54, 1.807) is 25.1 Å². The number of aryl methyl sites for hydroxylation is 1. The Bertz CT molecular complexity index is 494. The van der Waals surface area contributed by atoms with E-state index < -0.39 is 5.97 Å². The topological polar surface area (TPSA) is 89.6 Å². The summed E-state index contributed by atoms with van der Waals surface area (Å²) in [5.74, 6) is -1.30. The van der Waals surface area contributed by atoms with Gasteiger partial charge in [0.05, 0.1) is 6.61 Å². The van der Waals surface area contributed by atoms with Crippen LogP contribution in [-0.2, 0) is 20.7 Å². The number of carbonyl (C=O) groups is 2. The van der Waals surface area contributed by atoms with E-state index in [1.807, 2.05) is 0 Å². The number of anilines is 1. The van der Waals surface area contributed by atoms with Gasteiger partial charge in [-0.1, -0.05) is 6.07 Å². The summed E-state index contributed by atoms with van der Waals surface area (Å²) in [5, 5.41) is 8.63. The molecule has 0 aliphatic heterocycles. The molecule has 5 heteroatoms. The van der Waals surface area contributed by atoms with Crippen LogP contribution in [0.3, 0.4) is 0 Å². The molecule has 0 saturated heterocycles. The number of hydrogen-bond acceptors (Lipinski definition) is 4. The molecule has 0 amide bonds. The molecule has 19 heavy (non-hydrogen) atoms. The van der Waals surface area contributed by atoms with Gasteiger partial charge in [-0.15, -0.1) is 0 Å². The van der Waals surface area contributed by atoms with Crippen LogP contribution >= 0.6 is 0 Å². The van der Waals surface area contributed by atoms with Gasteiger partial charge in [-0.2, -0.15) is 0 Å². The summed E-state index contributed by atoms with van der Waals surface area (Å²) in [7, 11) is 0. The molecular weight excluding hydrogens is 246 g/mol. The molecular formula is C14H17NO4. The number of benzene rings is 1. The maximum atomic E-state index is 11.3. The highest BCUT2D eigenvalue weighted by atomic mass is 16.5. The van der Waals surface area contributed by atoms with Gasteiger partial charge in [-0.05, 0) is 42.7 Å². The van der Waals surface area contributed by atoms with Crippen LogP contribution in [0.2, 0.25) is 0 Å². The van der Waals surface area contributed by atoms with Crippen LogP contribution in [-0.4, -0.2) is 23.7 Å². The number of hydrogen-bond donors (Lipinski definition) is 2. The molecule has 0 aliphatic carbocycles. The highest BCUT2D eigenvalue weighted by Gasteiger charge is 2.06. The van der Waals surface area contributed by atoms with Crippen molar-refractivity contribution in [2.45, 2.75) is 19.8 Å². The Labute approximate surface area is 111 Å². The smallest absolute Gasteiger partial charge is 0.328 e. The van der Waals surface area contributed by atoms with Crippen molar-refractivity contribution in [3.05, 3.63) is 35.4 Å². The van der Waals surface area contributed by atoms with Gasteiger partial charge in [-0.25, -0.2) is 4.79 Å². The van der Waals surface area contributed by atoms with Crippen molar-refractivity contribution >= 4 is 23.7 Å². The Morgan fingerprint density at radius 2 is 2.16 bits per heavy atom. The number of rotatable bonds is 6. The number of esters is 1. The second-order valence-electron chi connectivity index (χ2n) is 3.93. The Morgan fingerprint density at radius 1 is 1.42 bits per heavy atom. The van der Waals surface area contributed by atoms with Crippen molar-refractivity contribution in [2.24, 2.45) is 0 Å². The highest BCUT2D eigenvalue weighted by Crippen LogP contribution is 2.17. The predicted molar refractivity (Wildman–Crippen MR) is 72.5 cm³/mol. The summed E-state index contributed by atoms with van der Waals surface area (Å²) in [6, 6.07) is 5.19. The zero-order chi connectivity index (χ0) is 14.3. The third kappa shape index (κ3) is 5.25. The molecule has 1 rings (SSSR count). The number of carbonyl (C=O) groups excluding carboxylic acids is 1. The summed E-state index contributed by atoms with van der Waals surface area (Å²) in [6.45, 7) is 2.11. The molecule has 0 aromatic heterocycles. The summed E-state index contributed by atoms with van der Waals surface area (Å²) in [4.78, 5) is 21.8. The van der Waals surface area contributed by atoms with E-state index in [1.165, 1.54) is 6.08 Å². The third-order valence-corrected chi connectivity index (χ3v) is 2.48. The first-order valence-electron chi connectivity index (χ1n) is 5.98. The average molecular weight is 263 g/mol. The summed E-state index contributed by atoms with van der Waals surface area (Å²) in [6.07, 6.45) is 3.26. The van der Waals surface area contributed by atoms with Crippen LogP contribution in [0.25, 0.3) is 6.08 Å². The van der Waals surface area contributed by atoms with E-state index in [2.05, 4.69) is 0 Å². The van der Waals surface area contributed by atoms with Crippen molar-refractivity contribution in [3.63, 3.8) is 0 Å². The molecule has 0 heterocycles. The fourth-order valence-electron chi connectivity index (χ4n) is 1.63. The maximum Gasteiger partial charge on any atom is 0.328 e. The normalized spacial score (nSPS) is 10.6. The fraction of sp³-hybridized carbons (Fsp3) is 0.286. The van der Waals surface area contributed by atoms with E-state index in [9.17, 15) is 9.59 Å². The highest BCUT2D eigenvalue weighted by molar-refractivity contribution is 5.86. The Morgan fingerprint density at radius 3 is 2.79 bits per heavy atom. The zero-order valence-corrected chi connectivity index (χ0v) is 10.8. The van der Waals surface area contributed by atoms with Crippen LogP contribution in [0.5, 0.6) is 0 Å². The van der Waals surface area contributed by atoms with E-state index in [-0.39, 0.29) is 12.4 Å². The van der Waals surface area contributed by atoms with Crippen molar-refractivity contribution in [3.8, 4) is 0 Å². The molecule has 0 spiro atoms. The lowest BCUT2D eigenvalue weighted by Crippen LogP contribution is -2.06. The number of carboxylic acid groups (broad SMARTS) is 1. The first-order valence-corrected chi connectivity index (χ1v) is 5.98.